The molecule has 3 heteroatoms. The molecule has 1 heterocycles. The van der Waals surface area contributed by atoms with Crippen molar-refractivity contribution >= 4 is 0 Å². The van der Waals surface area contributed by atoms with Crippen LogP contribution in [0.5, 0.6) is 0 Å². The molecular weight excluding hydrogens is 184 g/mol. The summed E-state index contributed by atoms with van der Waals surface area (Å²) in [6.45, 7) is 0.933. The minimum Gasteiger partial charge on any atom is -0.310 e. The van der Waals surface area contributed by atoms with Crippen LogP contribution in [0.1, 0.15) is 30.9 Å². The second-order valence-corrected chi connectivity index (χ2v) is 3.71. The molecule has 76 valence electrons. The fraction of sp³-hybridized carbons (Fsp3) is 0.455. The molecule has 1 aliphatic rings. The molecular formula is C11H13F2N. The zero-order chi connectivity index (χ0) is 9.97. The van der Waals surface area contributed by atoms with E-state index in [2.05, 4.69) is 5.32 Å². The number of benzene rings is 1. The molecule has 0 spiro atoms. The highest BCUT2D eigenvalue weighted by atomic mass is 19.1. The molecule has 1 fully saturated rings. The van der Waals surface area contributed by atoms with Gasteiger partial charge in [-0.3, -0.25) is 0 Å². The first-order chi connectivity index (χ1) is 6.75. The lowest BCUT2D eigenvalue weighted by atomic mass is 9.97. The van der Waals surface area contributed by atoms with Gasteiger partial charge in [-0.2, -0.15) is 0 Å². The van der Waals surface area contributed by atoms with Gasteiger partial charge in [0, 0.05) is 12.1 Å². The Labute approximate surface area is 82.1 Å². The summed E-state index contributed by atoms with van der Waals surface area (Å²) in [5, 5.41) is 3.26. The molecule has 1 aromatic rings. The molecule has 0 bridgehead atoms. The topological polar surface area (TPSA) is 12.0 Å². The Hall–Kier alpha value is -0.960. The van der Waals surface area contributed by atoms with Crippen molar-refractivity contribution in [2.24, 2.45) is 0 Å². The van der Waals surface area contributed by atoms with Crippen LogP contribution in [0.15, 0.2) is 18.2 Å². The third-order valence-corrected chi connectivity index (χ3v) is 2.60. The van der Waals surface area contributed by atoms with Gasteiger partial charge in [-0.15, -0.1) is 0 Å². The number of hydrogen-bond acceptors (Lipinski definition) is 1. The number of hydrogen-bond donors (Lipinski definition) is 1. The summed E-state index contributed by atoms with van der Waals surface area (Å²) < 4.78 is 25.8. The Kier molecular flexibility index (Phi) is 2.77. The van der Waals surface area contributed by atoms with Crippen molar-refractivity contribution in [1.82, 2.24) is 5.32 Å². The fourth-order valence-electron chi connectivity index (χ4n) is 1.91. The molecule has 0 aromatic heterocycles. The minimum atomic E-state index is -0.493. The quantitative estimate of drug-likeness (QED) is 0.730. The Bertz CT molecular complexity index is 299. The van der Waals surface area contributed by atoms with Crippen molar-refractivity contribution in [3.05, 3.63) is 35.4 Å². The summed E-state index contributed by atoms with van der Waals surface area (Å²) in [5.74, 6) is -0.986. The molecule has 1 atom stereocenters. The van der Waals surface area contributed by atoms with E-state index in [-0.39, 0.29) is 6.04 Å². The molecule has 0 aliphatic carbocycles. The van der Waals surface area contributed by atoms with E-state index in [1.54, 1.807) is 0 Å². The van der Waals surface area contributed by atoms with Crippen LogP contribution in [0.3, 0.4) is 0 Å². The second kappa shape index (κ2) is 4.05. The monoisotopic (exact) mass is 197 g/mol. The largest absolute Gasteiger partial charge is 0.310 e. The van der Waals surface area contributed by atoms with E-state index in [1.165, 1.54) is 12.1 Å². The molecule has 1 saturated heterocycles. The lowest BCUT2D eigenvalue weighted by Crippen LogP contribution is -2.26. The molecule has 0 radical (unpaired) electrons. The molecule has 1 nitrogen and oxygen atoms in total. The lowest BCUT2D eigenvalue weighted by Gasteiger charge is -2.23. The van der Waals surface area contributed by atoms with Gasteiger partial charge in [-0.25, -0.2) is 8.78 Å². The highest BCUT2D eigenvalue weighted by Gasteiger charge is 2.15. The van der Waals surface area contributed by atoms with E-state index in [0.717, 1.165) is 37.4 Å². The van der Waals surface area contributed by atoms with Gasteiger partial charge < -0.3 is 5.32 Å². The van der Waals surface area contributed by atoms with Crippen molar-refractivity contribution in [2.75, 3.05) is 6.54 Å². The van der Waals surface area contributed by atoms with Crippen molar-refractivity contribution in [2.45, 2.75) is 25.3 Å². The van der Waals surface area contributed by atoms with Crippen LogP contribution in [0.4, 0.5) is 8.78 Å². The molecule has 2 rings (SSSR count). The minimum absolute atomic E-state index is 0.119. The van der Waals surface area contributed by atoms with Crippen LogP contribution in [0.2, 0.25) is 0 Å². The summed E-state index contributed by atoms with van der Waals surface area (Å²) in [6.07, 6.45) is 3.23. The zero-order valence-electron chi connectivity index (χ0n) is 7.89. The van der Waals surface area contributed by atoms with E-state index in [9.17, 15) is 8.78 Å². The van der Waals surface area contributed by atoms with E-state index in [1.807, 2.05) is 0 Å². The standard InChI is InChI=1S/C11H13F2N/c12-9-5-8(6-10(13)7-9)11-3-1-2-4-14-11/h5-7,11,14H,1-4H2/t11-/m1/s1. The first-order valence-electron chi connectivity index (χ1n) is 4.95. The molecule has 14 heavy (non-hydrogen) atoms. The number of piperidine rings is 1. The van der Waals surface area contributed by atoms with Gasteiger partial charge in [0.05, 0.1) is 0 Å². The third kappa shape index (κ3) is 2.10. The summed E-state index contributed by atoms with van der Waals surface area (Å²) in [5.41, 5.74) is 0.724. The zero-order valence-corrected chi connectivity index (χ0v) is 7.89. The smallest absolute Gasteiger partial charge is 0.126 e. The van der Waals surface area contributed by atoms with Crippen molar-refractivity contribution in [3.8, 4) is 0 Å². The number of nitrogens with one attached hydrogen (secondary N) is 1. The van der Waals surface area contributed by atoms with Crippen molar-refractivity contribution in [1.29, 1.82) is 0 Å². The van der Waals surface area contributed by atoms with Gasteiger partial charge in [-0.05, 0) is 37.1 Å². The van der Waals surface area contributed by atoms with E-state index < -0.39 is 11.6 Å². The maximum absolute atomic E-state index is 12.9. The molecule has 1 aromatic carbocycles. The molecule has 1 aliphatic heterocycles. The SMILES string of the molecule is Fc1cc(F)cc([C@H]2CCCCN2)c1. The van der Waals surface area contributed by atoms with E-state index in [4.69, 9.17) is 0 Å². The van der Waals surface area contributed by atoms with Gasteiger partial charge in [-0.1, -0.05) is 6.42 Å². The van der Waals surface area contributed by atoms with Gasteiger partial charge in [0.2, 0.25) is 0 Å². The number of rotatable bonds is 1. The number of halogens is 2. The van der Waals surface area contributed by atoms with Crippen LogP contribution in [-0.4, -0.2) is 6.54 Å². The maximum Gasteiger partial charge on any atom is 0.126 e. The summed E-state index contributed by atoms with van der Waals surface area (Å²) in [7, 11) is 0. The third-order valence-electron chi connectivity index (χ3n) is 2.60. The maximum atomic E-state index is 12.9. The van der Waals surface area contributed by atoms with E-state index >= 15 is 0 Å². The van der Waals surface area contributed by atoms with Crippen molar-refractivity contribution in [3.63, 3.8) is 0 Å². The van der Waals surface area contributed by atoms with Crippen LogP contribution >= 0.6 is 0 Å². The fourth-order valence-corrected chi connectivity index (χ4v) is 1.91. The average Bonchev–Trinajstić information content (AvgIpc) is 2.18. The average molecular weight is 197 g/mol. The van der Waals surface area contributed by atoms with Crippen LogP contribution in [-0.2, 0) is 0 Å². The Morgan fingerprint density at radius 1 is 1.07 bits per heavy atom. The van der Waals surface area contributed by atoms with Crippen LogP contribution in [0.25, 0.3) is 0 Å². The molecule has 1 N–H and O–H groups in total. The van der Waals surface area contributed by atoms with Gasteiger partial charge in [0.25, 0.3) is 0 Å². The predicted molar refractivity (Wildman–Crippen MR) is 51.0 cm³/mol. The van der Waals surface area contributed by atoms with E-state index in [0.29, 0.717) is 0 Å². The predicted octanol–water partition coefficient (Wildman–Crippen LogP) is 2.78. The normalized spacial score (nSPS) is 22.3. The Balaban J connectivity index is 2.21. The second-order valence-electron chi connectivity index (χ2n) is 3.71. The van der Waals surface area contributed by atoms with Gasteiger partial charge in [0.15, 0.2) is 0 Å². The molecule has 0 amide bonds. The highest BCUT2D eigenvalue weighted by Crippen LogP contribution is 2.24. The summed E-state index contributed by atoms with van der Waals surface area (Å²) >= 11 is 0. The van der Waals surface area contributed by atoms with Crippen LogP contribution < -0.4 is 5.32 Å². The molecule has 0 unspecified atom stereocenters. The van der Waals surface area contributed by atoms with Gasteiger partial charge in [0.1, 0.15) is 11.6 Å². The first kappa shape index (κ1) is 9.59. The first-order valence-corrected chi connectivity index (χ1v) is 4.95. The highest BCUT2D eigenvalue weighted by molar-refractivity contribution is 5.21. The summed E-state index contributed by atoms with van der Waals surface area (Å²) in [4.78, 5) is 0. The Morgan fingerprint density at radius 2 is 1.79 bits per heavy atom. The molecule has 0 saturated carbocycles. The Morgan fingerprint density at radius 3 is 2.36 bits per heavy atom. The lowest BCUT2D eigenvalue weighted by molar-refractivity contribution is 0.409. The van der Waals surface area contributed by atoms with Crippen LogP contribution in [0, 0.1) is 11.6 Å². The van der Waals surface area contributed by atoms with Crippen molar-refractivity contribution < 1.29 is 8.78 Å². The summed E-state index contributed by atoms with van der Waals surface area (Å²) in [6, 6.07) is 3.85. The van der Waals surface area contributed by atoms with Gasteiger partial charge >= 0.3 is 0 Å².